The predicted octanol–water partition coefficient (Wildman–Crippen LogP) is 5.55. The van der Waals surface area contributed by atoms with Crippen LogP contribution >= 0.6 is 0 Å². The molecule has 0 bridgehead atoms. The van der Waals surface area contributed by atoms with Crippen molar-refractivity contribution in [2.24, 2.45) is 0 Å². The van der Waals surface area contributed by atoms with Crippen molar-refractivity contribution in [1.82, 2.24) is 0 Å². The second kappa shape index (κ2) is 6.46. The maximum atomic E-state index is 11.9. The van der Waals surface area contributed by atoms with Gasteiger partial charge < -0.3 is 9.84 Å². The summed E-state index contributed by atoms with van der Waals surface area (Å²) < 4.78 is 5.83. The van der Waals surface area contributed by atoms with Crippen molar-refractivity contribution in [3.05, 3.63) is 64.7 Å². The van der Waals surface area contributed by atoms with Crippen molar-refractivity contribution in [3.63, 3.8) is 0 Å². The fourth-order valence-corrected chi connectivity index (χ4v) is 3.78. The Hall–Kier alpha value is -2.29. The SMILES string of the molecule is Cc1ccc(OC(C(=O)O)c2ccc3c(c2)C(C)(C)CCC3(C)C)cc1. The van der Waals surface area contributed by atoms with E-state index in [0.29, 0.717) is 11.3 Å². The minimum absolute atomic E-state index is 0.0355. The van der Waals surface area contributed by atoms with Crippen LogP contribution in [0.25, 0.3) is 0 Å². The summed E-state index contributed by atoms with van der Waals surface area (Å²) in [7, 11) is 0. The number of aliphatic carboxylic acids is 1. The number of carboxylic acids is 1. The van der Waals surface area contributed by atoms with Crippen molar-refractivity contribution in [1.29, 1.82) is 0 Å². The van der Waals surface area contributed by atoms with E-state index >= 15 is 0 Å². The van der Waals surface area contributed by atoms with Gasteiger partial charge in [0, 0.05) is 5.56 Å². The highest BCUT2D eigenvalue weighted by Gasteiger charge is 2.38. The van der Waals surface area contributed by atoms with E-state index < -0.39 is 12.1 Å². The summed E-state index contributed by atoms with van der Waals surface area (Å²) in [5.41, 5.74) is 4.51. The van der Waals surface area contributed by atoms with Gasteiger partial charge in [0.1, 0.15) is 5.75 Å². The Morgan fingerprint density at radius 1 is 0.962 bits per heavy atom. The molecular weight excluding hydrogens is 324 g/mol. The van der Waals surface area contributed by atoms with E-state index in [-0.39, 0.29) is 10.8 Å². The molecule has 2 aromatic carbocycles. The molecule has 0 fully saturated rings. The van der Waals surface area contributed by atoms with Crippen LogP contribution in [-0.4, -0.2) is 11.1 Å². The van der Waals surface area contributed by atoms with E-state index in [1.54, 1.807) is 0 Å². The number of fused-ring (bicyclic) bond motifs is 1. The zero-order chi connectivity index (χ0) is 19.1. The molecule has 0 aliphatic heterocycles. The Kier molecular flexibility index (Phi) is 4.60. The summed E-state index contributed by atoms with van der Waals surface area (Å²) in [6, 6.07) is 13.5. The van der Waals surface area contributed by atoms with Crippen LogP contribution < -0.4 is 4.74 Å². The molecule has 1 aliphatic carbocycles. The Labute approximate surface area is 156 Å². The van der Waals surface area contributed by atoms with Gasteiger partial charge in [0.05, 0.1) is 0 Å². The van der Waals surface area contributed by atoms with Crippen molar-refractivity contribution in [2.45, 2.75) is 64.4 Å². The van der Waals surface area contributed by atoms with Crippen molar-refractivity contribution < 1.29 is 14.6 Å². The number of carbonyl (C=O) groups is 1. The van der Waals surface area contributed by atoms with E-state index in [1.165, 1.54) is 11.1 Å². The standard InChI is InChI=1S/C23H28O3/c1-15-6-9-17(10-7-15)26-20(21(24)25)16-8-11-18-19(14-16)23(4,5)13-12-22(18,2)3/h6-11,14,20H,12-13H2,1-5H3,(H,24,25). The van der Waals surface area contributed by atoms with Gasteiger partial charge in [-0.15, -0.1) is 0 Å². The molecule has 3 rings (SSSR count). The number of carboxylic acid groups (broad SMARTS) is 1. The molecular formula is C23H28O3. The topological polar surface area (TPSA) is 46.5 Å². The fraction of sp³-hybridized carbons (Fsp3) is 0.435. The first-order chi connectivity index (χ1) is 12.1. The molecule has 138 valence electrons. The number of benzene rings is 2. The molecule has 1 unspecified atom stereocenters. The zero-order valence-corrected chi connectivity index (χ0v) is 16.3. The van der Waals surface area contributed by atoms with Crippen LogP contribution in [-0.2, 0) is 15.6 Å². The Morgan fingerprint density at radius 3 is 2.12 bits per heavy atom. The smallest absolute Gasteiger partial charge is 0.349 e. The van der Waals surface area contributed by atoms with Gasteiger partial charge in [-0.2, -0.15) is 0 Å². The summed E-state index contributed by atoms with van der Waals surface area (Å²) in [6.07, 6.45) is 1.21. The number of rotatable bonds is 4. The lowest BCUT2D eigenvalue weighted by Gasteiger charge is -2.42. The first-order valence-corrected chi connectivity index (χ1v) is 9.21. The summed E-state index contributed by atoms with van der Waals surface area (Å²) in [5.74, 6) is -0.404. The largest absolute Gasteiger partial charge is 0.478 e. The van der Waals surface area contributed by atoms with Crippen LogP contribution in [0.15, 0.2) is 42.5 Å². The summed E-state index contributed by atoms with van der Waals surface area (Å²) >= 11 is 0. The number of hydrogen-bond donors (Lipinski definition) is 1. The number of ether oxygens (including phenoxy) is 1. The molecule has 0 spiro atoms. The lowest BCUT2D eigenvalue weighted by molar-refractivity contribution is -0.145. The average Bonchev–Trinajstić information content (AvgIpc) is 2.58. The molecule has 0 saturated carbocycles. The van der Waals surface area contributed by atoms with E-state index in [1.807, 2.05) is 43.3 Å². The Balaban J connectivity index is 2.01. The van der Waals surface area contributed by atoms with Crippen molar-refractivity contribution in [3.8, 4) is 5.75 Å². The van der Waals surface area contributed by atoms with Crippen LogP contribution in [0.4, 0.5) is 0 Å². The highest BCUT2D eigenvalue weighted by molar-refractivity contribution is 5.75. The first kappa shape index (κ1) is 18.5. The van der Waals surface area contributed by atoms with Gasteiger partial charge in [-0.25, -0.2) is 4.79 Å². The maximum Gasteiger partial charge on any atom is 0.349 e. The third-order valence-electron chi connectivity index (χ3n) is 5.68. The van der Waals surface area contributed by atoms with E-state index in [4.69, 9.17) is 4.74 Å². The van der Waals surface area contributed by atoms with Gasteiger partial charge in [0.25, 0.3) is 0 Å². The second-order valence-electron chi connectivity index (χ2n) is 8.72. The molecule has 1 aliphatic rings. The molecule has 2 aromatic rings. The van der Waals surface area contributed by atoms with Gasteiger partial charge in [-0.3, -0.25) is 0 Å². The highest BCUT2D eigenvalue weighted by atomic mass is 16.5. The molecule has 1 atom stereocenters. The monoisotopic (exact) mass is 352 g/mol. The predicted molar refractivity (Wildman–Crippen MR) is 104 cm³/mol. The first-order valence-electron chi connectivity index (χ1n) is 9.21. The van der Waals surface area contributed by atoms with Crippen LogP contribution in [0.5, 0.6) is 5.75 Å². The van der Waals surface area contributed by atoms with Crippen molar-refractivity contribution >= 4 is 5.97 Å². The second-order valence-corrected chi connectivity index (χ2v) is 8.72. The van der Waals surface area contributed by atoms with Crippen LogP contribution in [0.1, 0.15) is 68.9 Å². The van der Waals surface area contributed by atoms with Gasteiger partial charge in [-0.05, 0) is 53.9 Å². The van der Waals surface area contributed by atoms with Gasteiger partial charge in [0.15, 0.2) is 0 Å². The fourth-order valence-electron chi connectivity index (χ4n) is 3.78. The average molecular weight is 352 g/mol. The van der Waals surface area contributed by atoms with Gasteiger partial charge in [-0.1, -0.05) is 63.6 Å². The zero-order valence-electron chi connectivity index (χ0n) is 16.3. The molecule has 3 nitrogen and oxygen atoms in total. The minimum atomic E-state index is -1.01. The summed E-state index contributed by atoms with van der Waals surface area (Å²) in [6.45, 7) is 11.0. The molecule has 3 heteroatoms. The molecule has 1 N–H and O–H groups in total. The van der Waals surface area contributed by atoms with Gasteiger partial charge >= 0.3 is 5.97 Å². The van der Waals surface area contributed by atoms with E-state index in [0.717, 1.165) is 18.4 Å². The molecule has 0 amide bonds. The molecule has 0 saturated heterocycles. The maximum absolute atomic E-state index is 11.9. The quantitative estimate of drug-likeness (QED) is 0.785. The normalized spacial score (nSPS) is 18.7. The molecule has 26 heavy (non-hydrogen) atoms. The highest BCUT2D eigenvalue weighted by Crippen LogP contribution is 2.46. The lowest BCUT2D eigenvalue weighted by atomic mass is 9.63. The van der Waals surface area contributed by atoms with E-state index in [9.17, 15) is 9.90 Å². The summed E-state index contributed by atoms with van der Waals surface area (Å²) in [4.78, 5) is 11.9. The molecule has 0 radical (unpaired) electrons. The van der Waals surface area contributed by atoms with Crippen LogP contribution in [0.3, 0.4) is 0 Å². The molecule has 0 aromatic heterocycles. The molecule has 0 heterocycles. The summed E-state index contributed by atoms with van der Waals surface area (Å²) in [5, 5.41) is 9.75. The van der Waals surface area contributed by atoms with Crippen LogP contribution in [0, 0.1) is 6.92 Å². The van der Waals surface area contributed by atoms with Crippen molar-refractivity contribution in [2.75, 3.05) is 0 Å². The van der Waals surface area contributed by atoms with Crippen LogP contribution in [0.2, 0.25) is 0 Å². The van der Waals surface area contributed by atoms with Gasteiger partial charge in [0.2, 0.25) is 6.10 Å². The Morgan fingerprint density at radius 2 is 1.54 bits per heavy atom. The third kappa shape index (κ3) is 3.48. The lowest BCUT2D eigenvalue weighted by Crippen LogP contribution is -2.34. The number of aryl methyl sites for hydroxylation is 1. The van der Waals surface area contributed by atoms with E-state index in [2.05, 4.69) is 33.8 Å². The minimum Gasteiger partial charge on any atom is -0.478 e. The number of hydrogen-bond acceptors (Lipinski definition) is 2. The third-order valence-corrected chi connectivity index (χ3v) is 5.68. The Bertz CT molecular complexity index is 816.